The van der Waals surface area contributed by atoms with E-state index in [9.17, 15) is 0 Å². The van der Waals surface area contributed by atoms with E-state index >= 15 is 0 Å². The molecule has 0 amide bonds. The predicted molar refractivity (Wildman–Crippen MR) is 57.3 cm³/mol. The lowest BCUT2D eigenvalue weighted by Crippen LogP contribution is -2.12. The van der Waals surface area contributed by atoms with Gasteiger partial charge in [-0.25, -0.2) is 5.90 Å². The molecular formula is C11H16N2O. The van der Waals surface area contributed by atoms with Crippen molar-refractivity contribution in [3.05, 3.63) is 29.3 Å². The fourth-order valence-electron chi connectivity index (χ4n) is 1.95. The largest absolute Gasteiger partial charge is 0.374 e. The van der Waals surface area contributed by atoms with Crippen LogP contribution in [0.4, 0.5) is 5.69 Å². The highest BCUT2D eigenvalue weighted by molar-refractivity contribution is 5.58. The fourth-order valence-corrected chi connectivity index (χ4v) is 1.95. The highest BCUT2D eigenvalue weighted by Crippen LogP contribution is 2.27. The molecule has 2 rings (SSSR count). The van der Waals surface area contributed by atoms with Gasteiger partial charge in [0.1, 0.15) is 0 Å². The molecule has 2 N–H and O–H groups in total. The SMILES string of the molecule is CN1CCc2cc(CCON)ccc21. The molecule has 3 nitrogen and oxygen atoms in total. The van der Waals surface area contributed by atoms with Crippen LogP contribution >= 0.6 is 0 Å². The molecule has 3 heteroatoms. The maximum atomic E-state index is 5.00. The quantitative estimate of drug-likeness (QED) is 0.729. The second-order valence-corrected chi connectivity index (χ2v) is 3.76. The van der Waals surface area contributed by atoms with Gasteiger partial charge in [-0.05, 0) is 30.0 Å². The van der Waals surface area contributed by atoms with Gasteiger partial charge in [0.2, 0.25) is 0 Å². The van der Waals surface area contributed by atoms with Gasteiger partial charge in [0.05, 0.1) is 6.61 Å². The van der Waals surface area contributed by atoms with E-state index in [-0.39, 0.29) is 0 Å². The standard InChI is InChI=1S/C11H16N2O/c1-13-6-4-10-8-9(5-7-14-12)2-3-11(10)13/h2-3,8H,4-7,12H2,1H3. The van der Waals surface area contributed by atoms with Gasteiger partial charge in [-0.3, -0.25) is 0 Å². The third-order valence-corrected chi connectivity index (χ3v) is 2.78. The molecule has 0 radical (unpaired) electrons. The Morgan fingerprint density at radius 2 is 2.36 bits per heavy atom. The first-order valence-electron chi connectivity index (χ1n) is 4.96. The molecular weight excluding hydrogens is 176 g/mol. The Labute approximate surface area is 84.4 Å². The van der Waals surface area contributed by atoms with Gasteiger partial charge in [0.15, 0.2) is 0 Å². The van der Waals surface area contributed by atoms with E-state index in [2.05, 4.69) is 35.0 Å². The number of anilines is 1. The Kier molecular flexibility index (Phi) is 2.70. The van der Waals surface area contributed by atoms with Crippen molar-refractivity contribution in [2.24, 2.45) is 5.90 Å². The number of rotatable bonds is 3. The van der Waals surface area contributed by atoms with Crippen molar-refractivity contribution in [1.82, 2.24) is 0 Å². The Hall–Kier alpha value is -1.06. The summed E-state index contributed by atoms with van der Waals surface area (Å²) in [6.07, 6.45) is 2.05. The van der Waals surface area contributed by atoms with Crippen molar-refractivity contribution < 1.29 is 4.84 Å². The lowest BCUT2D eigenvalue weighted by molar-refractivity contribution is 0.141. The normalized spacial score (nSPS) is 14.6. The summed E-state index contributed by atoms with van der Waals surface area (Å²) in [6.45, 7) is 1.72. The molecule has 1 heterocycles. The summed E-state index contributed by atoms with van der Waals surface area (Å²) in [4.78, 5) is 6.87. The van der Waals surface area contributed by atoms with Crippen LogP contribution in [0.2, 0.25) is 0 Å². The molecule has 0 atom stereocenters. The van der Waals surface area contributed by atoms with Crippen LogP contribution in [-0.4, -0.2) is 20.2 Å². The van der Waals surface area contributed by atoms with E-state index in [1.807, 2.05) is 0 Å². The number of nitrogens with two attached hydrogens (primary N) is 1. The van der Waals surface area contributed by atoms with Crippen LogP contribution in [0.15, 0.2) is 18.2 Å². The minimum absolute atomic E-state index is 0.592. The van der Waals surface area contributed by atoms with Crippen molar-refractivity contribution in [2.75, 3.05) is 25.1 Å². The Balaban J connectivity index is 2.15. The van der Waals surface area contributed by atoms with Gasteiger partial charge >= 0.3 is 0 Å². The lowest BCUT2D eigenvalue weighted by Gasteiger charge is -2.11. The van der Waals surface area contributed by atoms with Gasteiger partial charge in [-0.1, -0.05) is 12.1 Å². The summed E-state index contributed by atoms with van der Waals surface area (Å²) in [5, 5.41) is 0. The molecule has 0 saturated heterocycles. The summed E-state index contributed by atoms with van der Waals surface area (Å²) in [5.41, 5.74) is 4.12. The van der Waals surface area contributed by atoms with Crippen LogP contribution in [0, 0.1) is 0 Å². The van der Waals surface area contributed by atoms with Gasteiger partial charge in [-0.15, -0.1) is 0 Å². The highest BCUT2D eigenvalue weighted by atomic mass is 16.6. The van der Waals surface area contributed by atoms with Crippen LogP contribution in [0.25, 0.3) is 0 Å². The Morgan fingerprint density at radius 1 is 1.50 bits per heavy atom. The molecule has 0 spiro atoms. The number of fused-ring (bicyclic) bond motifs is 1. The Bertz CT molecular complexity index is 325. The highest BCUT2D eigenvalue weighted by Gasteiger charge is 2.15. The van der Waals surface area contributed by atoms with Crippen LogP contribution in [0.1, 0.15) is 11.1 Å². The molecule has 0 unspecified atom stereocenters. The maximum Gasteiger partial charge on any atom is 0.0719 e. The van der Waals surface area contributed by atoms with Crippen molar-refractivity contribution in [1.29, 1.82) is 0 Å². The second-order valence-electron chi connectivity index (χ2n) is 3.76. The average molecular weight is 192 g/mol. The van der Waals surface area contributed by atoms with Crippen LogP contribution in [-0.2, 0) is 17.7 Å². The van der Waals surface area contributed by atoms with Gasteiger partial charge in [-0.2, -0.15) is 0 Å². The molecule has 1 aromatic rings. The molecule has 1 aliphatic rings. The first kappa shape index (κ1) is 9.49. The monoisotopic (exact) mass is 192 g/mol. The van der Waals surface area contributed by atoms with Gasteiger partial charge < -0.3 is 9.74 Å². The van der Waals surface area contributed by atoms with Crippen molar-refractivity contribution in [3.8, 4) is 0 Å². The smallest absolute Gasteiger partial charge is 0.0719 e. The predicted octanol–water partition coefficient (Wildman–Crippen LogP) is 1.11. The van der Waals surface area contributed by atoms with Gasteiger partial charge in [0.25, 0.3) is 0 Å². The summed E-state index contributed by atoms with van der Waals surface area (Å²) in [7, 11) is 2.13. The zero-order valence-electron chi connectivity index (χ0n) is 8.49. The summed E-state index contributed by atoms with van der Waals surface area (Å²) < 4.78 is 0. The topological polar surface area (TPSA) is 38.5 Å². The second kappa shape index (κ2) is 3.98. The average Bonchev–Trinajstić information content (AvgIpc) is 2.57. The van der Waals surface area contributed by atoms with Crippen LogP contribution in [0.5, 0.6) is 0 Å². The van der Waals surface area contributed by atoms with E-state index in [0.29, 0.717) is 6.61 Å². The minimum Gasteiger partial charge on any atom is -0.374 e. The van der Waals surface area contributed by atoms with Crippen LogP contribution in [0.3, 0.4) is 0 Å². The van der Waals surface area contributed by atoms with Gasteiger partial charge in [0, 0.05) is 19.3 Å². The number of hydrogen-bond acceptors (Lipinski definition) is 3. The zero-order chi connectivity index (χ0) is 9.97. The first-order valence-corrected chi connectivity index (χ1v) is 4.96. The summed E-state index contributed by atoms with van der Waals surface area (Å²) >= 11 is 0. The number of hydrogen-bond donors (Lipinski definition) is 1. The van der Waals surface area contributed by atoms with E-state index in [1.54, 1.807) is 0 Å². The van der Waals surface area contributed by atoms with E-state index in [4.69, 9.17) is 5.90 Å². The molecule has 0 fully saturated rings. The first-order chi connectivity index (χ1) is 6.81. The molecule has 1 aliphatic heterocycles. The number of likely N-dealkylation sites (N-methyl/N-ethyl adjacent to an activating group) is 1. The molecule has 0 saturated carbocycles. The summed E-state index contributed by atoms with van der Waals surface area (Å²) in [5.74, 6) is 5.00. The molecule has 76 valence electrons. The third-order valence-electron chi connectivity index (χ3n) is 2.78. The minimum atomic E-state index is 0.592. The molecule has 0 bridgehead atoms. The zero-order valence-corrected chi connectivity index (χ0v) is 8.49. The fraction of sp³-hybridized carbons (Fsp3) is 0.455. The summed E-state index contributed by atoms with van der Waals surface area (Å²) in [6, 6.07) is 6.60. The van der Waals surface area contributed by atoms with E-state index in [0.717, 1.165) is 19.4 Å². The van der Waals surface area contributed by atoms with E-state index in [1.165, 1.54) is 16.8 Å². The van der Waals surface area contributed by atoms with Crippen molar-refractivity contribution in [2.45, 2.75) is 12.8 Å². The number of benzene rings is 1. The number of nitrogens with zero attached hydrogens (tertiary/aromatic N) is 1. The lowest BCUT2D eigenvalue weighted by atomic mass is 10.1. The van der Waals surface area contributed by atoms with Crippen molar-refractivity contribution in [3.63, 3.8) is 0 Å². The molecule has 0 aliphatic carbocycles. The van der Waals surface area contributed by atoms with E-state index < -0.39 is 0 Å². The van der Waals surface area contributed by atoms with Crippen molar-refractivity contribution >= 4 is 5.69 Å². The van der Waals surface area contributed by atoms with Crippen LogP contribution < -0.4 is 10.8 Å². The third kappa shape index (κ3) is 1.74. The Morgan fingerprint density at radius 3 is 3.14 bits per heavy atom. The molecule has 14 heavy (non-hydrogen) atoms. The molecule has 0 aromatic heterocycles. The molecule has 1 aromatic carbocycles. The maximum absolute atomic E-state index is 5.00.